The molecule has 5 rings (SSSR count). The van der Waals surface area contributed by atoms with Crippen molar-refractivity contribution in [2.75, 3.05) is 39.5 Å². The lowest BCUT2D eigenvalue weighted by Gasteiger charge is -2.26. The number of benzene rings is 3. The van der Waals surface area contributed by atoms with Crippen LogP contribution in [0, 0.1) is 0 Å². The Labute approximate surface area is 186 Å². The fraction of sp³-hybridized carbons (Fsp3) is 0.222. The van der Waals surface area contributed by atoms with Crippen molar-refractivity contribution in [2.45, 2.75) is 0 Å². The highest BCUT2D eigenvalue weighted by Gasteiger charge is 2.20. The summed E-state index contributed by atoms with van der Waals surface area (Å²) in [6, 6.07) is 25.4. The minimum absolute atomic E-state index is 0.395. The Morgan fingerprint density at radius 1 is 0.812 bits per heavy atom. The Morgan fingerprint density at radius 2 is 1.50 bits per heavy atom. The monoisotopic (exact) mass is 427 g/mol. The van der Waals surface area contributed by atoms with E-state index in [9.17, 15) is 4.79 Å². The molecule has 0 N–H and O–H groups in total. The van der Waals surface area contributed by atoms with Gasteiger partial charge in [-0.15, -0.1) is 0 Å². The second kappa shape index (κ2) is 9.39. The summed E-state index contributed by atoms with van der Waals surface area (Å²) in [4.78, 5) is 15.5. The molecule has 0 aliphatic carbocycles. The second-order valence-electron chi connectivity index (χ2n) is 7.81. The maximum Gasteiger partial charge on any atom is 0.348 e. The van der Waals surface area contributed by atoms with Gasteiger partial charge >= 0.3 is 5.63 Å². The van der Waals surface area contributed by atoms with Gasteiger partial charge in [0, 0.05) is 25.2 Å². The van der Waals surface area contributed by atoms with Crippen LogP contribution in [0.25, 0.3) is 33.2 Å². The lowest BCUT2D eigenvalue weighted by molar-refractivity contribution is 0.0323. The van der Waals surface area contributed by atoms with Gasteiger partial charge in [0.15, 0.2) is 0 Å². The summed E-state index contributed by atoms with van der Waals surface area (Å²) in [5, 5.41) is 0.798. The van der Waals surface area contributed by atoms with E-state index >= 15 is 0 Å². The van der Waals surface area contributed by atoms with Crippen LogP contribution < -0.4 is 10.4 Å². The Hall–Kier alpha value is -3.41. The number of nitrogens with zero attached hydrogens (tertiary/aromatic N) is 1. The first-order valence-corrected chi connectivity index (χ1v) is 10.9. The number of rotatable bonds is 6. The number of hydrogen-bond acceptors (Lipinski definition) is 5. The molecule has 162 valence electrons. The summed E-state index contributed by atoms with van der Waals surface area (Å²) in [7, 11) is 0. The van der Waals surface area contributed by atoms with Gasteiger partial charge in [0.05, 0.1) is 18.6 Å². The van der Waals surface area contributed by atoms with Crippen molar-refractivity contribution in [1.82, 2.24) is 4.90 Å². The molecule has 1 aliphatic heterocycles. The van der Waals surface area contributed by atoms with Crippen LogP contribution in [0.15, 0.2) is 88.1 Å². The van der Waals surface area contributed by atoms with Crippen molar-refractivity contribution >= 4 is 11.0 Å². The maximum absolute atomic E-state index is 13.2. The van der Waals surface area contributed by atoms with Crippen LogP contribution in [-0.2, 0) is 4.74 Å². The molecule has 2 heterocycles. The average molecular weight is 428 g/mol. The SMILES string of the molecule is O=c1oc2c(-c3ccccc3)cccc2c(OCCN2CCOCC2)c1-c1ccccc1. The van der Waals surface area contributed by atoms with Gasteiger partial charge in [0.25, 0.3) is 0 Å². The molecule has 0 amide bonds. The van der Waals surface area contributed by atoms with Crippen LogP contribution in [-0.4, -0.2) is 44.4 Å². The molecule has 1 aliphatic rings. The van der Waals surface area contributed by atoms with Crippen LogP contribution in [0.1, 0.15) is 0 Å². The molecule has 32 heavy (non-hydrogen) atoms. The molecule has 0 spiro atoms. The second-order valence-corrected chi connectivity index (χ2v) is 7.81. The summed E-state index contributed by atoms with van der Waals surface area (Å²) >= 11 is 0. The molecule has 0 atom stereocenters. The average Bonchev–Trinajstić information content (AvgIpc) is 2.85. The first kappa shape index (κ1) is 20.5. The lowest BCUT2D eigenvalue weighted by Crippen LogP contribution is -2.38. The summed E-state index contributed by atoms with van der Waals surface area (Å²) in [5.41, 5.74) is 3.27. The van der Waals surface area contributed by atoms with Crippen LogP contribution in [0.5, 0.6) is 5.75 Å². The molecule has 4 aromatic rings. The topological polar surface area (TPSA) is 51.9 Å². The third-order valence-corrected chi connectivity index (χ3v) is 5.79. The summed E-state index contributed by atoms with van der Waals surface area (Å²) in [6.07, 6.45) is 0. The Morgan fingerprint density at radius 3 is 2.22 bits per heavy atom. The van der Waals surface area contributed by atoms with Crippen molar-refractivity contribution in [3.63, 3.8) is 0 Å². The van der Waals surface area contributed by atoms with Gasteiger partial charge in [-0.25, -0.2) is 4.79 Å². The van der Waals surface area contributed by atoms with Gasteiger partial charge in [-0.2, -0.15) is 0 Å². The van der Waals surface area contributed by atoms with Crippen molar-refractivity contribution in [2.24, 2.45) is 0 Å². The zero-order valence-corrected chi connectivity index (χ0v) is 17.8. The smallest absolute Gasteiger partial charge is 0.348 e. The molecule has 5 nitrogen and oxygen atoms in total. The highest BCUT2D eigenvalue weighted by Crippen LogP contribution is 2.38. The largest absolute Gasteiger partial charge is 0.491 e. The Kier molecular flexibility index (Phi) is 6.01. The predicted molar refractivity (Wildman–Crippen MR) is 126 cm³/mol. The molecule has 0 radical (unpaired) electrons. The third kappa shape index (κ3) is 4.17. The van der Waals surface area contributed by atoms with Crippen molar-refractivity contribution in [3.8, 4) is 28.0 Å². The molecule has 1 aromatic heterocycles. The lowest BCUT2D eigenvalue weighted by atomic mass is 9.99. The first-order chi connectivity index (χ1) is 15.8. The molecular weight excluding hydrogens is 402 g/mol. The van der Waals surface area contributed by atoms with E-state index in [4.69, 9.17) is 13.9 Å². The van der Waals surface area contributed by atoms with E-state index in [1.54, 1.807) is 0 Å². The highest BCUT2D eigenvalue weighted by atomic mass is 16.5. The number of fused-ring (bicyclic) bond motifs is 1. The van der Waals surface area contributed by atoms with Gasteiger partial charge in [0.1, 0.15) is 23.5 Å². The molecule has 5 heteroatoms. The van der Waals surface area contributed by atoms with Crippen LogP contribution in [0.4, 0.5) is 0 Å². The standard InChI is InChI=1S/C27H25NO4/c29-27-24(21-10-5-2-6-11-21)26(31-19-16-28-14-17-30-18-15-28)23-13-7-12-22(25(23)32-27)20-8-3-1-4-9-20/h1-13H,14-19H2. The van der Waals surface area contributed by atoms with Gasteiger partial charge in [-0.1, -0.05) is 72.8 Å². The fourth-order valence-corrected chi connectivity index (χ4v) is 4.15. The van der Waals surface area contributed by atoms with Gasteiger partial charge in [0.2, 0.25) is 0 Å². The number of para-hydroxylation sites is 1. The molecule has 1 fully saturated rings. The van der Waals surface area contributed by atoms with Gasteiger partial charge < -0.3 is 13.9 Å². The van der Waals surface area contributed by atoms with Crippen LogP contribution in [0.2, 0.25) is 0 Å². The zero-order valence-electron chi connectivity index (χ0n) is 17.8. The van der Waals surface area contributed by atoms with Crippen molar-refractivity contribution in [1.29, 1.82) is 0 Å². The number of ether oxygens (including phenoxy) is 2. The quantitative estimate of drug-likeness (QED) is 0.412. The summed E-state index contributed by atoms with van der Waals surface area (Å²) in [5.74, 6) is 0.577. The normalized spacial score (nSPS) is 14.5. The highest BCUT2D eigenvalue weighted by molar-refractivity contribution is 5.98. The van der Waals surface area contributed by atoms with E-state index in [-0.39, 0.29) is 0 Å². The van der Waals surface area contributed by atoms with Crippen LogP contribution >= 0.6 is 0 Å². The number of hydrogen-bond donors (Lipinski definition) is 0. The van der Waals surface area contributed by atoms with E-state index in [2.05, 4.69) is 4.90 Å². The minimum Gasteiger partial charge on any atom is -0.491 e. The predicted octanol–water partition coefficient (Wildman–Crippen LogP) is 4.84. The van der Waals surface area contributed by atoms with Crippen LogP contribution in [0.3, 0.4) is 0 Å². The van der Waals surface area contributed by atoms with Crippen molar-refractivity contribution < 1.29 is 13.9 Å². The van der Waals surface area contributed by atoms with E-state index in [1.807, 2.05) is 78.9 Å². The van der Waals surface area contributed by atoms with E-state index in [1.165, 1.54) is 0 Å². The van der Waals surface area contributed by atoms with E-state index in [0.29, 0.717) is 23.5 Å². The molecule has 0 saturated carbocycles. The molecule has 0 bridgehead atoms. The molecule has 0 unspecified atom stereocenters. The first-order valence-electron chi connectivity index (χ1n) is 10.9. The number of morpholine rings is 1. The van der Waals surface area contributed by atoms with Gasteiger partial charge in [-0.3, -0.25) is 4.90 Å². The summed E-state index contributed by atoms with van der Waals surface area (Å²) < 4.78 is 17.7. The Bertz CT molecular complexity index is 1250. The minimum atomic E-state index is -0.395. The fourth-order valence-electron chi connectivity index (χ4n) is 4.15. The Balaban J connectivity index is 1.61. The van der Waals surface area contributed by atoms with E-state index < -0.39 is 5.63 Å². The zero-order chi connectivity index (χ0) is 21.8. The molecule has 3 aromatic carbocycles. The van der Waals surface area contributed by atoms with Crippen molar-refractivity contribution in [3.05, 3.63) is 89.3 Å². The van der Waals surface area contributed by atoms with E-state index in [0.717, 1.165) is 54.9 Å². The maximum atomic E-state index is 13.2. The molecule has 1 saturated heterocycles. The molecular formula is C27H25NO4. The summed E-state index contributed by atoms with van der Waals surface area (Å²) in [6.45, 7) is 4.53. The van der Waals surface area contributed by atoms with Gasteiger partial charge in [-0.05, 0) is 17.2 Å². The third-order valence-electron chi connectivity index (χ3n) is 5.79.